The number of nitrogens with one attached hydrogen (secondary N) is 2. The molecule has 4 aromatic rings. The fourth-order valence-electron chi connectivity index (χ4n) is 3.93. The lowest BCUT2D eigenvalue weighted by Gasteiger charge is -2.12. The molecule has 0 radical (unpaired) electrons. The lowest BCUT2D eigenvalue weighted by molar-refractivity contribution is 0.0951. The van der Waals surface area contributed by atoms with Crippen LogP contribution in [0, 0.1) is 6.92 Å². The normalized spacial score (nSPS) is 13.6. The van der Waals surface area contributed by atoms with Gasteiger partial charge in [0, 0.05) is 23.7 Å². The number of hydrogen-bond acceptors (Lipinski definition) is 5. The van der Waals surface area contributed by atoms with Gasteiger partial charge in [-0.2, -0.15) is 0 Å². The predicted octanol–water partition coefficient (Wildman–Crippen LogP) is 3.90. The summed E-state index contributed by atoms with van der Waals surface area (Å²) >= 11 is 0. The highest BCUT2D eigenvalue weighted by molar-refractivity contribution is 5.95. The molecule has 32 heavy (non-hydrogen) atoms. The summed E-state index contributed by atoms with van der Waals surface area (Å²) in [4.78, 5) is 21.9. The second-order valence-electron chi connectivity index (χ2n) is 8.50. The van der Waals surface area contributed by atoms with Crippen molar-refractivity contribution in [2.45, 2.75) is 38.6 Å². The van der Waals surface area contributed by atoms with E-state index in [1.807, 2.05) is 30.5 Å². The topological polar surface area (TPSA) is 97.3 Å². The molecule has 1 amide bonds. The molecule has 0 spiro atoms. The highest BCUT2D eigenvalue weighted by Gasteiger charge is 2.23. The molecule has 2 aromatic carbocycles. The van der Waals surface area contributed by atoms with E-state index in [-0.39, 0.29) is 5.91 Å². The maximum atomic E-state index is 12.4. The van der Waals surface area contributed by atoms with Crippen LogP contribution in [0.5, 0.6) is 0 Å². The SMILES string of the molecule is Cc1ccc2c(c1)nc(NCCCCN)c1ncc(-c3ccc(C(=O)NC4CC4)cc3)n12. The number of hydrogen-bond donors (Lipinski definition) is 3. The van der Waals surface area contributed by atoms with Gasteiger partial charge in [0.1, 0.15) is 0 Å². The van der Waals surface area contributed by atoms with Crippen LogP contribution in [0.3, 0.4) is 0 Å². The van der Waals surface area contributed by atoms with Gasteiger partial charge in [-0.3, -0.25) is 9.20 Å². The van der Waals surface area contributed by atoms with Crippen molar-refractivity contribution in [2.24, 2.45) is 5.73 Å². The highest BCUT2D eigenvalue weighted by atomic mass is 16.1. The van der Waals surface area contributed by atoms with Crippen LogP contribution in [0.2, 0.25) is 0 Å². The van der Waals surface area contributed by atoms with Gasteiger partial charge in [0.15, 0.2) is 11.5 Å². The summed E-state index contributed by atoms with van der Waals surface area (Å²) in [6.45, 7) is 3.55. The fraction of sp³-hybridized carbons (Fsp3) is 0.320. The molecule has 4 N–H and O–H groups in total. The third-order valence-electron chi connectivity index (χ3n) is 5.86. The van der Waals surface area contributed by atoms with Crippen LogP contribution in [0.15, 0.2) is 48.7 Å². The summed E-state index contributed by atoms with van der Waals surface area (Å²) in [6.07, 6.45) is 5.98. The van der Waals surface area contributed by atoms with Crippen molar-refractivity contribution < 1.29 is 4.79 Å². The zero-order chi connectivity index (χ0) is 22.1. The Hall–Kier alpha value is -3.45. The molecule has 0 atom stereocenters. The zero-order valence-corrected chi connectivity index (χ0v) is 18.3. The van der Waals surface area contributed by atoms with Crippen molar-refractivity contribution in [3.8, 4) is 11.3 Å². The molecular weight excluding hydrogens is 400 g/mol. The largest absolute Gasteiger partial charge is 0.367 e. The number of nitrogens with two attached hydrogens (primary N) is 1. The molecule has 0 saturated heterocycles. The van der Waals surface area contributed by atoms with Crippen LogP contribution in [-0.2, 0) is 0 Å². The predicted molar refractivity (Wildman–Crippen MR) is 128 cm³/mol. The van der Waals surface area contributed by atoms with Crippen molar-refractivity contribution in [3.63, 3.8) is 0 Å². The van der Waals surface area contributed by atoms with E-state index in [1.165, 1.54) is 0 Å². The first-order valence-electron chi connectivity index (χ1n) is 11.3. The van der Waals surface area contributed by atoms with E-state index in [1.54, 1.807) is 0 Å². The molecule has 7 nitrogen and oxygen atoms in total. The summed E-state index contributed by atoms with van der Waals surface area (Å²) in [5.74, 6) is 0.762. The lowest BCUT2D eigenvalue weighted by Crippen LogP contribution is -2.25. The molecule has 7 heteroatoms. The van der Waals surface area contributed by atoms with Crippen molar-refractivity contribution in [2.75, 3.05) is 18.4 Å². The first-order chi connectivity index (χ1) is 15.6. The molecule has 1 saturated carbocycles. The Morgan fingerprint density at radius 3 is 2.72 bits per heavy atom. The second-order valence-corrected chi connectivity index (χ2v) is 8.50. The van der Waals surface area contributed by atoms with E-state index < -0.39 is 0 Å². The Kier molecular flexibility index (Phi) is 5.49. The van der Waals surface area contributed by atoms with Crippen LogP contribution in [0.4, 0.5) is 5.82 Å². The zero-order valence-electron chi connectivity index (χ0n) is 18.3. The minimum absolute atomic E-state index is 0.00807. The van der Waals surface area contributed by atoms with Gasteiger partial charge in [-0.05, 0) is 69.0 Å². The number of benzene rings is 2. The van der Waals surface area contributed by atoms with Gasteiger partial charge in [-0.15, -0.1) is 0 Å². The summed E-state index contributed by atoms with van der Waals surface area (Å²) in [7, 11) is 0. The van der Waals surface area contributed by atoms with Gasteiger partial charge in [0.05, 0.1) is 22.9 Å². The lowest BCUT2D eigenvalue weighted by atomic mass is 10.1. The van der Waals surface area contributed by atoms with Crippen LogP contribution >= 0.6 is 0 Å². The number of carbonyl (C=O) groups is 1. The van der Waals surface area contributed by atoms with Crippen molar-refractivity contribution in [1.82, 2.24) is 19.7 Å². The molecule has 5 rings (SSSR count). The van der Waals surface area contributed by atoms with E-state index in [9.17, 15) is 4.79 Å². The van der Waals surface area contributed by atoms with Crippen molar-refractivity contribution in [1.29, 1.82) is 0 Å². The summed E-state index contributed by atoms with van der Waals surface area (Å²) in [5, 5.41) is 6.48. The maximum absolute atomic E-state index is 12.4. The smallest absolute Gasteiger partial charge is 0.251 e. The fourth-order valence-corrected chi connectivity index (χ4v) is 3.93. The Morgan fingerprint density at radius 1 is 1.16 bits per heavy atom. The summed E-state index contributed by atoms with van der Waals surface area (Å²) < 4.78 is 2.15. The molecular formula is C25H28N6O. The maximum Gasteiger partial charge on any atom is 0.251 e. The molecule has 1 aliphatic carbocycles. The molecule has 0 bridgehead atoms. The third-order valence-corrected chi connectivity index (χ3v) is 5.86. The van der Waals surface area contributed by atoms with Gasteiger partial charge in [0.25, 0.3) is 5.91 Å². The number of aromatic nitrogens is 3. The first-order valence-corrected chi connectivity index (χ1v) is 11.3. The average Bonchev–Trinajstić information content (AvgIpc) is 3.50. The van der Waals surface area contributed by atoms with Gasteiger partial charge in [0.2, 0.25) is 0 Å². The minimum atomic E-state index is -0.00807. The van der Waals surface area contributed by atoms with Gasteiger partial charge in [-0.25, -0.2) is 9.97 Å². The average molecular weight is 429 g/mol. The number of imidazole rings is 1. The van der Waals surface area contributed by atoms with Crippen LogP contribution < -0.4 is 16.4 Å². The number of anilines is 1. The van der Waals surface area contributed by atoms with Crippen LogP contribution in [0.1, 0.15) is 41.6 Å². The van der Waals surface area contributed by atoms with Crippen molar-refractivity contribution in [3.05, 3.63) is 59.8 Å². The summed E-state index contributed by atoms with van der Waals surface area (Å²) in [6, 6.07) is 14.4. The molecule has 1 fully saturated rings. The van der Waals surface area contributed by atoms with Gasteiger partial charge >= 0.3 is 0 Å². The van der Waals surface area contributed by atoms with E-state index in [0.717, 1.165) is 71.5 Å². The highest BCUT2D eigenvalue weighted by Crippen LogP contribution is 2.29. The number of nitrogens with zero attached hydrogens (tertiary/aromatic N) is 3. The Bertz CT molecular complexity index is 1270. The Morgan fingerprint density at radius 2 is 1.97 bits per heavy atom. The van der Waals surface area contributed by atoms with Crippen LogP contribution in [0.25, 0.3) is 27.9 Å². The van der Waals surface area contributed by atoms with E-state index >= 15 is 0 Å². The van der Waals surface area contributed by atoms with E-state index in [0.29, 0.717) is 18.2 Å². The van der Waals surface area contributed by atoms with Gasteiger partial charge in [-0.1, -0.05) is 18.2 Å². The van der Waals surface area contributed by atoms with Gasteiger partial charge < -0.3 is 16.4 Å². The number of unbranched alkanes of at least 4 members (excludes halogenated alkanes) is 1. The second kappa shape index (κ2) is 8.59. The molecule has 0 unspecified atom stereocenters. The van der Waals surface area contributed by atoms with E-state index in [2.05, 4.69) is 40.2 Å². The van der Waals surface area contributed by atoms with E-state index in [4.69, 9.17) is 15.7 Å². The molecule has 1 aliphatic rings. The monoisotopic (exact) mass is 428 g/mol. The summed E-state index contributed by atoms with van der Waals surface area (Å²) in [5.41, 5.74) is 12.1. The Balaban J connectivity index is 1.55. The Labute approximate surface area is 187 Å². The number of amides is 1. The number of rotatable bonds is 8. The molecule has 0 aliphatic heterocycles. The molecule has 164 valence electrons. The molecule has 2 aromatic heterocycles. The van der Waals surface area contributed by atoms with Crippen molar-refractivity contribution >= 4 is 28.4 Å². The number of aryl methyl sites for hydroxylation is 1. The standard InChI is InChI=1S/C25H28N6O/c1-16-4-11-21-20(14-16)30-23(27-13-3-2-12-26)24-28-15-22(31(21)24)17-5-7-18(8-6-17)25(32)29-19-9-10-19/h4-8,11,14-15,19H,2-3,9-10,12-13,26H2,1H3,(H,27,30)(H,29,32). The third kappa shape index (κ3) is 4.03. The van der Waals surface area contributed by atoms with Crippen LogP contribution in [-0.4, -0.2) is 39.4 Å². The number of carbonyl (C=O) groups excluding carboxylic acids is 1. The number of fused-ring (bicyclic) bond motifs is 3. The molecule has 2 heterocycles. The quantitative estimate of drug-likeness (QED) is 0.370. The first kappa shape index (κ1) is 20.5. The minimum Gasteiger partial charge on any atom is -0.367 e.